The van der Waals surface area contributed by atoms with Crippen LogP contribution in [0.15, 0.2) is 0 Å². The maximum Gasteiger partial charge on any atom is 0.157 e. The fraction of sp³-hybridized carbons (Fsp3) is 0.889. The quantitative estimate of drug-likeness (QED) is 0.514. The maximum atomic E-state index is 5.58. The van der Waals surface area contributed by atoms with Gasteiger partial charge in [-0.15, -0.1) is 0 Å². The summed E-state index contributed by atoms with van der Waals surface area (Å²) in [5.74, 6) is 0. The molecule has 0 bridgehead atoms. The topological polar surface area (TPSA) is 9.23 Å². The number of hydrogen-bond acceptors (Lipinski definition) is 2. The molecule has 0 aromatic heterocycles. The lowest BCUT2D eigenvalue weighted by Gasteiger charge is -2.31. The summed E-state index contributed by atoms with van der Waals surface area (Å²) in [5.41, 5.74) is -0.0731. The largest absolute Gasteiger partial charge is 0.482 e. The molecule has 0 fully saturated rings. The van der Waals surface area contributed by atoms with Crippen molar-refractivity contribution < 1.29 is 4.74 Å². The van der Waals surface area contributed by atoms with Gasteiger partial charge < -0.3 is 4.74 Å². The average Bonchev–Trinajstić information content (AvgIpc) is 1.48. The molecule has 3 heteroatoms. The standard InChI is InChI=1S/C9H20OSSi/c1-8(11)10-9(2,3)7-12(4,5)6/h7H2,1-6H3. The molecule has 0 aromatic carbocycles. The van der Waals surface area contributed by atoms with Gasteiger partial charge in [-0.2, -0.15) is 0 Å². The first kappa shape index (κ1) is 12.1. The molecular formula is C9H20OSSi. The maximum absolute atomic E-state index is 5.58. The van der Waals surface area contributed by atoms with E-state index in [1.165, 1.54) is 0 Å². The highest BCUT2D eigenvalue weighted by Gasteiger charge is 2.28. The third kappa shape index (κ3) is 6.79. The highest BCUT2D eigenvalue weighted by molar-refractivity contribution is 7.80. The molecule has 0 heterocycles. The minimum absolute atomic E-state index is 0.0731. The van der Waals surface area contributed by atoms with Crippen molar-refractivity contribution in [2.45, 2.75) is 52.1 Å². The summed E-state index contributed by atoms with van der Waals surface area (Å²) < 4.78 is 5.58. The first-order valence-corrected chi connectivity index (χ1v) is 8.43. The van der Waals surface area contributed by atoms with Gasteiger partial charge in [-0.25, -0.2) is 0 Å². The van der Waals surface area contributed by atoms with E-state index in [4.69, 9.17) is 17.0 Å². The normalized spacial score (nSPS) is 12.8. The van der Waals surface area contributed by atoms with Crippen LogP contribution in [0.2, 0.25) is 25.7 Å². The molecule has 0 amide bonds. The van der Waals surface area contributed by atoms with Crippen LogP contribution in [0.4, 0.5) is 0 Å². The predicted octanol–water partition coefficient (Wildman–Crippen LogP) is 3.47. The number of thiocarbonyl (C=S) groups is 1. The third-order valence-corrected chi connectivity index (χ3v) is 3.37. The van der Waals surface area contributed by atoms with Crippen LogP contribution in [0.1, 0.15) is 20.8 Å². The Labute approximate surface area is 82.5 Å². The molecule has 1 nitrogen and oxygen atoms in total. The fourth-order valence-corrected chi connectivity index (χ4v) is 4.55. The Hall–Kier alpha value is 0.107. The monoisotopic (exact) mass is 204 g/mol. The lowest BCUT2D eigenvalue weighted by atomic mass is 10.2. The van der Waals surface area contributed by atoms with E-state index in [1.807, 2.05) is 6.92 Å². The number of hydrogen-bond donors (Lipinski definition) is 0. The first-order valence-electron chi connectivity index (χ1n) is 4.32. The van der Waals surface area contributed by atoms with Crippen LogP contribution >= 0.6 is 12.2 Å². The second-order valence-electron chi connectivity index (χ2n) is 5.09. The smallest absolute Gasteiger partial charge is 0.157 e. The molecular weight excluding hydrogens is 184 g/mol. The van der Waals surface area contributed by atoms with Crippen molar-refractivity contribution in [1.29, 1.82) is 0 Å². The second kappa shape index (κ2) is 3.88. The molecule has 0 rings (SSSR count). The molecule has 0 N–H and O–H groups in total. The van der Waals surface area contributed by atoms with Crippen molar-refractivity contribution in [3.05, 3.63) is 0 Å². The zero-order valence-electron chi connectivity index (χ0n) is 9.02. The van der Waals surface area contributed by atoms with E-state index < -0.39 is 8.07 Å². The van der Waals surface area contributed by atoms with Crippen LogP contribution in [0, 0.1) is 0 Å². The molecule has 12 heavy (non-hydrogen) atoms. The minimum atomic E-state index is -1.04. The van der Waals surface area contributed by atoms with E-state index in [2.05, 4.69) is 33.5 Å². The molecule has 0 aromatic rings. The molecule has 0 saturated heterocycles. The molecule has 0 radical (unpaired) electrons. The van der Waals surface area contributed by atoms with Gasteiger partial charge >= 0.3 is 0 Å². The Morgan fingerprint density at radius 2 is 1.75 bits per heavy atom. The Balaban J connectivity index is 4.13. The minimum Gasteiger partial charge on any atom is -0.482 e. The summed E-state index contributed by atoms with van der Waals surface area (Å²) in [4.78, 5) is 0. The zero-order valence-corrected chi connectivity index (χ0v) is 10.8. The van der Waals surface area contributed by atoms with Gasteiger partial charge in [0.25, 0.3) is 0 Å². The zero-order chi connectivity index (χ0) is 9.99. The third-order valence-electron chi connectivity index (χ3n) is 1.38. The number of ether oxygens (including phenoxy) is 1. The lowest BCUT2D eigenvalue weighted by molar-refractivity contribution is 0.119. The van der Waals surface area contributed by atoms with E-state index >= 15 is 0 Å². The summed E-state index contributed by atoms with van der Waals surface area (Å²) in [6, 6.07) is 1.15. The number of rotatable bonds is 3. The van der Waals surface area contributed by atoms with Gasteiger partial charge in [0.15, 0.2) is 5.05 Å². The molecule has 0 atom stereocenters. The summed E-state index contributed by atoms with van der Waals surface area (Å²) in [6.45, 7) is 13.1. The van der Waals surface area contributed by atoms with Crippen LogP contribution in [0.25, 0.3) is 0 Å². The van der Waals surface area contributed by atoms with E-state index in [0.717, 1.165) is 6.04 Å². The summed E-state index contributed by atoms with van der Waals surface area (Å²) in [6.07, 6.45) is 0. The molecule has 72 valence electrons. The van der Waals surface area contributed by atoms with Crippen molar-refractivity contribution in [1.82, 2.24) is 0 Å². The van der Waals surface area contributed by atoms with E-state index in [0.29, 0.717) is 5.05 Å². The van der Waals surface area contributed by atoms with Gasteiger partial charge in [0, 0.05) is 15.0 Å². The summed E-state index contributed by atoms with van der Waals surface area (Å²) in [5, 5.41) is 0.651. The van der Waals surface area contributed by atoms with Crippen molar-refractivity contribution in [2.24, 2.45) is 0 Å². The van der Waals surface area contributed by atoms with Crippen LogP contribution in [-0.2, 0) is 4.74 Å². The Morgan fingerprint density at radius 3 is 2.00 bits per heavy atom. The highest BCUT2D eigenvalue weighted by atomic mass is 32.1. The molecule has 0 spiro atoms. The van der Waals surface area contributed by atoms with Gasteiger partial charge in [0.05, 0.1) is 0 Å². The summed E-state index contributed by atoms with van der Waals surface area (Å²) >= 11 is 4.93. The van der Waals surface area contributed by atoms with Gasteiger partial charge in [-0.1, -0.05) is 19.6 Å². The highest BCUT2D eigenvalue weighted by Crippen LogP contribution is 2.24. The van der Waals surface area contributed by atoms with Gasteiger partial charge in [-0.05, 0) is 32.1 Å². The SMILES string of the molecule is CC(=S)OC(C)(C)C[Si](C)(C)C. The summed E-state index contributed by atoms with van der Waals surface area (Å²) in [7, 11) is -1.04. The van der Waals surface area contributed by atoms with Crippen LogP contribution in [0.3, 0.4) is 0 Å². The predicted molar refractivity (Wildman–Crippen MR) is 61.6 cm³/mol. The van der Waals surface area contributed by atoms with Gasteiger partial charge in [0.2, 0.25) is 0 Å². The Morgan fingerprint density at radius 1 is 1.33 bits per heavy atom. The van der Waals surface area contributed by atoms with Crippen molar-refractivity contribution in [3.63, 3.8) is 0 Å². The van der Waals surface area contributed by atoms with Crippen molar-refractivity contribution in [3.8, 4) is 0 Å². The van der Waals surface area contributed by atoms with Crippen LogP contribution in [-0.4, -0.2) is 18.7 Å². The van der Waals surface area contributed by atoms with Crippen LogP contribution < -0.4 is 0 Å². The molecule has 0 aliphatic heterocycles. The average molecular weight is 204 g/mol. The van der Waals surface area contributed by atoms with E-state index in [-0.39, 0.29) is 5.60 Å². The van der Waals surface area contributed by atoms with Crippen molar-refractivity contribution in [2.75, 3.05) is 0 Å². The van der Waals surface area contributed by atoms with E-state index in [1.54, 1.807) is 0 Å². The van der Waals surface area contributed by atoms with E-state index in [9.17, 15) is 0 Å². The fourth-order valence-electron chi connectivity index (χ4n) is 1.70. The van der Waals surface area contributed by atoms with Crippen LogP contribution in [0.5, 0.6) is 0 Å². The Bertz CT molecular complexity index is 170. The van der Waals surface area contributed by atoms with Gasteiger partial charge in [0.1, 0.15) is 5.60 Å². The lowest BCUT2D eigenvalue weighted by Crippen LogP contribution is -2.36. The van der Waals surface area contributed by atoms with Gasteiger partial charge in [-0.3, -0.25) is 0 Å². The van der Waals surface area contributed by atoms with Crippen molar-refractivity contribution >= 4 is 25.3 Å². The first-order chi connectivity index (χ1) is 5.12. The molecule has 0 unspecified atom stereocenters. The molecule has 0 aliphatic carbocycles. The Kier molecular flexibility index (Phi) is 3.91. The molecule has 0 aliphatic rings. The molecule has 0 saturated carbocycles. The second-order valence-corrected chi connectivity index (χ2v) is 11.1.